The van der Waals surface area contributed by atoms with Gasteiger partial charge in [-0.25, -0.2) is 9.78 Å². The van der Waals surface area contributed by atoms with Crippen LogP contribution in [-0.4, -0.2) is 66.9 Å². The quantitative estimate of drug-likeness (QED) is 0.315. The first-order chi connectivity index (χ1) is 18.5. The molecule has 0 bridgehead atoms. The normalized spacial score (nSPS) is 13.8. The predicted molar refractivity (Wildman–Crippen MR) is 156 cm³/mol. The number of para-hydroxylation sites is 1. The van der Waals surface area contributed by atoms with E-state index in [0.29, 0.717) is 11.2 Å². The highest BCUT2D eigenvalue weighted by atomic mass is 32.1. The molecule has 1 aliphatic rings. The monoisotopic (exact) mass is 556 g/mol. The first-order valence-electron chi connectivity index (χ1n) is 12.9. The van der Waals surface area contributed by atoms with Gasteiger partial charge < -0.3 is 20.1 Å². The van der Waals surface area contributed by atoms with Gasteiger partial charge in [-0.1, -0.05) is 35.6 Å². The van der Waals surface area contributed by atoms with Crippen LogP contribution in [-0.2, 0) is 20.9 Å². The highest BCUT2D eigenvalue weighted by Gasteiger charge is 2.17. The number of Topliss-reactive ketones (excluding diaryl/α,β-unsaturated/α-hetero) is 1. The zero-order chi connectivity index (χ0) is 28.8. The Bertz CT molecular complexity index is 1150. The number of nitrogens with zero attached hydrogens (tertiary/aromatic N) is 2. The number of aromatic nitrogens is 1. The molecule has 212 valence electrons. The van der Waals surface area contributed by atoms with Gasteiger partial charge in [-0.05, 0) is 83.6 Å². The summed E-state index contributed by atoms with van der Waals surface area (Å²) in [5.74, 6) is 0.418. The highest BCUT2D eigenvalue weighted by molar-refractivity contribution is 7.20. The third-order valence-corrected chi connectivity index (χ3v) is 6.49. The van der Waals surface area contributed by atoms with Crippen molar-refractivity contribution in [2.24, 2.45) is 0 Å². The lowest BCUT2D eigenvalue weighted by Crippen LogP contribution is -2.40. The number of nitrogens with one attached hydrogen (secondary N) is 2. The summed E-state index contributed by atoms with van der Waals surface area (Å²) in [5.41, 5.74) is 1.93. The van der Waals surface area contributed by atoms with Crippen molar-refractivity contribution in [2.45, 2.75) is 58.7 Å². The average Bonchev–Trinajstić information content (AvgIpc) is 3.32. The Labute approximate surface area is 234 Å². The number of carbonyl (C=O) groups is 3. The molecular formula is C29H40N4O5S. The van der Waals surface area contributed by atoms with Gasteiger partial charge in [0.15, 0.2) is 12.1 Å². The molecule has 1 amide bonds. The van der Waals surface area contributed by atoms with Gasteiger partial charge in [-0.3, -0.25) is 14.5 Å². The van der Waals surface area contributed by atoms with Crippen molar-refractivity contribution in [3.05, 3.63) is 54.1 Å². The van der Waals surface area contributed by atoms with Crippen LogP contribution in [0, 0.1) is 0 Å². The Kier molecular flexibility index (Phi) is 13.0. The Hall–Kier alpha value is -3.34. The molecule has 0 atom stereocenters. The van der Waals surface area contributed by atoms with Gasteiger partial charge in [0.25, 0.3) is 5.19 Å². The van der Waals surface area contributed by atoms with Gasteiger partial charge in [0, 0.05) is 26.6 Å². The topological polar surface area (TPSA) is 110 Å². The van der Waals surface area contributed by atoms with Gasteiger partial charge >= 0.3 is 6.09 Å². The molecule has 0 unspecified atom stereocenters. The number of piperidine rings is 1. The Morgan fingerprint density at radius 1 is 1.08 bits per heavy atom. The second-order valence-corrected chi connectivity index (χ2v) is 11.0. The van der Waals surface area contributed by atoms with E-state index in [1.807, 2.05) is 51.1 Å². The predicted octanol–water partition coefficient (Wildman–Crippen LogP) is 5.19. The second-order valence-electron chi connectivity index (χ2n) is 10.0. The Morgan fingerprint density at radius 3 is 2.18 bits per heavy atom. The molecule has 2 N–H and O–H groups in total. The standard InChI is InChI=1S/C20H23N3OS.C6H13NO2.C3H4O2/c1-21-16-10-12-23(13-11-16)14-15-6-8-17(9-7-15)24-20-22-18-4-2-3-5-19(18)25-20;1-6(2,3)9-5(8)7-4;1-3(5)2-4/h2-9,16,21H,10-14H2,1H3;1-4H3,(H,7,8);2H,1H3. The van der Waals surface area contributed by atoms with E-state index in [2.05, 4.69) is 45.8 Å². The summed E-state index contributed by atoms with van der Waals surface area (Å²) < 4.78 is 11.9. The number of aldehydes is 1. The smallest absolute Gasteiger partial charge is 0.407 e. The maximum atomic E-state index is 10.5. The number of amides is 1. The third kappa shape index (κ3) is 12.4. The Balaban J connectivity index is 0.000000318. The zero-order valence-corrected chi connectivity index (χ0v) is 24.5. The number of thiazole rings is 1. The molecule has 0 radical (unpaired) electrons. The summed E-state index contributed by atoms with van der Waals surface area (Å²) >= 11 is 1.58. The second kappa shape index (κ2) is 15.9. The molecule has 2 aromatic carbocycles. The molecule has 1 aromatic heterocycles. The maximum Gasteiger partial charge on any atom is 0.407 e. The van der Waals surface area contributed by atoms with Crippen LogP contribution in [0.1, 0.15) is 46.1 Å². The molecule has 4 rings (SSSR count). The molecule has 1 saturated heterocycles. The number of carbonyl (C=O) groups excluding carboxylic acids is 3. The van der Waals surface area contributed by atoms with E-state index >= 15 is 0 Å². The lowest BCUT2D eigenvalue weighted by atomic mass is 10.0. The average molecular weight is 557 g/mol. The summed E-state index contributed by atoms with van der Waals surface area (Å²) in [7, 11) is 3.60. The SMILES string of the molecule is CC(=O)C=O.CNC(=O)OC(C)(C)C.CNC1CCN(Cc2ccc(Oc3nc4ccccc4s3)cc2)CC1. The van der Waals surface area contributed by atoms with Crippen molar-refractivity contribution in [2.75, 3.05) is 27.2 Å². The van der Waals surface area contributed by atoms with Gasteiger partial charge in [-0.15, -0.1) is 0 Å². The number of ketones is 1. The molecule has 1 aliphatic heterocycles. The van der Waals surface area contributed by atoms with Crippen molar-refractivity contribution < 1.29 is 23.9 Å². The summed E-state index contributed by atoms with van der Waals surface area (Å²) in [4.78, 5) is 36.1. The molecular weight excluding hydrogens is 516 g/mol. The van der Waals surface area contributed by atoms with Crippen LogP contribution < -0.4 is 15.4 Å². The lowest BCUT2D eigenvalue weighted by Gasteiger charge is -2.31. The fourth-order valence-corrected chi connectivity index (χ4v) is 4.46. The molecule has 2 heterocycles. The summed E-state index contributed by atoms with van der Waals surface area (Å²) in [5, 5.41) is 6.44. The molecule has 39 heavy (non-hydrogen) atoms. The molecule has 3 aromatic rings. The van der Waals surface area contributed by atoms with E-state index in [0.717, 1.165) is 35.6 Å². The Morgan fingerprint density at radius 2 is 1.69 bits per heavy atom. The van der Waals surface area contributed by atoms with Crippen LogP contribution in [0.5, 0.6) is 10.9 Å². The van der Waals surface area contributed by atoms with Crippen molar-refractivity contribution >= 4 is 39.7 Å². The van der Waals surface area contributed by atoms with Crippen molar-refractivity contribution in [1.82, 2.24) is 20.5 Å². The van der Waals surface area contributed by atoms with E-state index < -0.39 is 5.78 Å². The first-order valence-corrected chi connectivity index (χ1v) is 13.7. The highest BCUT2D eigenvalue weighted by Crippen LogP contribution is 2.31. The lowest BCUT2D eigenvalue weighted by molar-refractivity contribution is -0.128. The fraction of sp³-hybridized carbons (Fsp3) is 0.448. The van der Waals surface area contributed by atoms with Crippen LogP contribution >= 0.6 is 11.3 Å². The zero-order valence-electron chi connectivity index (χ0n) is 23.7. The fourth-order valence-electron chi connectivity index (χ4n) is 3.63. The number of benzene rings is 2. The molecule has 10 heteroatoms. The summed E-state index contributed by atoms with van der Waals surface area (Å²) in [6.45, 7) is 10.0. The van der Waals surface area contributed by atoms with Crippen LogP contribution in [0.2, 0.25) is 0 Å². The van der Waals surface area contributed by atoms with E-state index in [4.69, 9.17) is 14.3 Å². The molecule has 9 nitrogen and oxygen atoms in total. The number of alkyl carbamates (subject to hydrolysis) is 1. The largest absolute Gasteiger partial charge is 0.444 e. The van der Waals surface area contributed by atoms with Crippen LogP contribution in [0.3, 0.4) is 0 Å². The molecule has 0 aliphatic carbocycles. The number of ether oxygens (including phenoxy) is 2. The summed E-state index contributed by atoms with van der Waals surface area (Å²) in [6.07, 6.45) is 2.35. The number of likely N-dealkylation sites (tertiary alicyclic amines) is 1. The van der Waals surface area contributed by atoms with Crippen molar-refractivity contribution in [3.8, 4) is 10.9 Å². The van der Waals surface area contributed by atoms with E-state index in [-0.39, 0.29) is 18.0 Å². The van der Waals surface area contributed by atoms with Gasteiger partial charge in [0.2, 0.25) is 0 Å². The minimum atomic E-state index is -0.426. The van der Waals surface area contributed by atoms with Gasteiger partial charge in [0.1, 0.15) is 11.4 Å². The van der Waals surface area contributed by atoms with Crippen LogP contribution in [0.4, 0.5) is 4.79 Å². The number of hydrogen-bond acceptors (Lipinski definition) is 9. The molecule has 0 saturated carbocycles. The van der Waals surface area contributed by atoms with E-state index in [1.54, 1.807) is 11.3 Å². The van der Waals surface area contributed by atoms with E-state index in [1.165, 1.54) is 32.4 Å². The van der Waals surface area contributed by atoms with Crippen LogP contribution in [0.25, 0.3) is 10.2 Å². The molecule has 0 spiro atoms. The van der Waals surface area contributed by atoms with Crippen LogP contribution in [0.15, 0.2) is 48.5 Å². The number of hydrogen-bond donors (Lipinski definition) is 2. The third-order valence-electron chi connectivity index (χ3n) is 5.57. The summed E-state index contributed by atoms with van der Waals surface area (Å²) in [6, 6.07) is 17.2. The van der Waals surface area contributed by atoms with Crippen molar-refractivity contribution in [1.29, 1.82) is 0 Å². The van der Waals surface area contributed by atoms with Gasteiger partial charge in [-0.2, -0.15) is 0 Å². The maximum absolute atomic E-state index is 10.5. The number of rotatable bonds is 6. The first kappa shape index (κ1) is 31.9. The van der Waals surface area contributed by atoms with Crippen molar-refractivity contribution in [3.63, 3.8) is 0 Å². The minimum absolute atomic E-state index is 0.278. The van der Waals surface area contributed by atoms with Gasteiger partial charge in [0.05, 0.1) is 10.2 Å². The molecule has 1 fully saturated rings. The number of fused-ring (bicyclic) bond motifs is 1. The van der Waals surface area contributed by atoms with E-state index in [9.17, 15) is 9.59 Å². The minimum Gasteiger partial charge on any atom is -0.444 e.